The van der Waals surface area contributed by atoms with E-state index in [2.05, 4.69) is 5.10 Å². The predicted molar refractivity (Wildman–Crippen MR) is 67.3 cm³/mol. The molecule has 0 aliphatic heterocycles. The molecule has 0 aliphatic carbocycles. The van der Waals surface area contributed by atoms with Crippen LogP contribution in [0.2, 0.25) is 0 Å². The smallest absolute Gasteiger partial charge is 0.356 e. The average Bonchev–Trinajstić information content (AvgIpc) is 2.74. The molecule has 0 amide bonds. The Balaban J connectivity index is 2.59. The van der Waals surface area contributed by atoms with Gasteiger partial charge >= 0.3 is 5.97 Å². The Morgan fingerprint density at radius 3 is 2.53 bits per heavy atom. The summed E-state index contributed by atoms with van der Waals surface area (Å²) >= 11 is 1.10. The number of benzene rings is 1. The number of thioether (sulfide) groups is 1. The van der Waals surface area contributed by atoms with Crippen molar-refractivity contribution in [2.24, 2.45) is 7.05 Å². The van der Waals surface area contributed by atoms with E-state index in [0.29, 0.717) is 0 Å². The van der Waals surface area contributed by atoms with Gasteiger partial charge in [0.05, 0.1) is 5.69 Å². The number of nitrogens with zero attached hydrogens (tertiary/aromatic N) is 2. The van der Waals surface area contributed by atoms with Gasteiger partial charge in [0.1, 0.15) is 11.6 Å². The summed E-state index contributed by atoms with van der Waals surface area (Å²) in [6, 6.07) is 3.34. The third-order valence-corrected chi connectivity index (χ3v) is 3.37. The van der Waals surface area contributed by atoms with Gasteiger partial charge in [-0.1, -0.05) is 0 Å². The normalized spacial score (nSPS) is 10.7. The average molecular weight is 284 g/mol. The van der Waals surface area contributed by atoms with Crippen LogP contribution >= 0.6 is 11.8 Å². The number of rotatable bonds is 3. The van der Waals surface area contributed by atoms with E-state index < -0.39 is 17.6 Å². The summed E-state index contributed by atoms with van der Waals surface area (Å²) in [4.78, 5) is 11.0. The maximum absolute atomic E-state index is 13.9. The van der Waals surface area contributed by atoms with E-state index in [9.17, 15) is 13.6 Å². The van der Waals surface area contributed by atoms with E-state index in [-0.39, 0.29) is 21.8 Å². The first-order valence-corrected chi connectivity index (χ1v) is 6.47. The summed E-state index contributed by atoms with van der Waals surface area (Å²) in [6.07, 6.45) is 1.64. The molecular weight excluding hydrogens is 274 g/mol. The highest BCUT2D eigenvalue weighted by Gasteiger charge is 2.17. The van der Waals surface area contributed by atoms with Gasteiger partial charge in [-0.2, -0.15) is 5.10 Å². The molecule has 7 heteroatoms. The first-order chi connectivity index (χ1) is 8.93. The SMILES string of the molecule is CSc1cc(F)c(-c2cc(C(=O)O)nn2C)cc1F. The maximum Gasteiger partial charge on any atom is 0.356 e. The van der Waals surface area contributed by atoms with Crippen LogP contribution in [0.25, 0.3) is 11.3 Å². The van der Waals surface area contributed by atoms with Crippen LogP contribution in [0, 0.1) is 11.6 Å². The van der Waals surface area contributed by atoms with Gasteiger partial charge in [-0.3, -0.25) is 4.68 Å². The molecule has 1 aromatic heterocycles. The number of aromatic nitrogens is 2. The summed E-state index contributed by atoms with van der Waals surface area (Å²) < 4.78 is 28.8. The lowest BCUT2D eigenvalue weighted by Gasteiger charge is -2.06. The van der Waals surface area contributed by atoms with Crippen LogP contribution in [0.5, 0.6) is 0 Å². The summed E-state index contributed by atoms with van der Waals surface area (Å²) in [6.45, 7) is 0. The number of carboxylic acids is 1. The molecule has 0 atom stereocenters. The largest absolute Gasteiger partial charge is 0.476 e. The second-order valence-corrected chi connectivity index (χ2v) is 4.66. The number of halogens is 2. The van der Waals surface area contributed by atoms with Crippen molar-refractivity contribution in [3.8, 4) is 11.3 Å². The number of hydrogen-bond acceptors (Lipinski definition) is 3. The fourth-order valence-electron chi connectivity index (χ4n) is 1.71. The molecule has 100 valence electrons. The van der Waals surface area contributed by atoms with Crippen LogP contribution < -0.4 is 0 Å². The van der Waals surface area contributed by atoms with Crippen LogP contribution in [0.3, 0.4) is 0 Å². The highest BCUT2D eigenvalue weighted by molar-refractivity contribution is 7.98. The minimum absolute atomic E-state index is 0.0159. The lowest BCUT2D eigenvalue weighted by molar-refractivity contribution is 0.0689. The molecule has 1 heterocycles. The summed E-state index contributed by atoms with van der Waals surface area (Å²) in [5.74, 6) is -2.39. The first kappa shape index (κ1) is 13.5. The van der Waals surface area contributed by atoms with E-state index in [1.165, 1.54) is 17.8 Å². The molecule has 0 unspecified atom stereocenters. The van der Waals surface area contributed by atoms with Gasteiger partial charge in [-0.05, 0) is 24.5 Å². The topological polar surface area (TPSA) is 55.1 Å². The zero-order valence-electron chi connectivity index (χ0n) is 10.1. The molecule has 4 nitrogen and oxygen atoms in total. The van der Waals surface area contributed by atoms with E-state index in [1.54, 1.807) is 6.26 Å². The zero-order valence-corrected chi connectivity index (χ0v) is 11.0. The van der Waals surface area contributed by atoms with Crippen LogP contribution in [-0.2, 0) is 7.05 Å². The molecule has 2 rings (SSSR count). The van der Waals surface area contributed by atoms with E-state index in [4.69, 9.17) is 5.11 Å². The van der Waals surface area contributed by atoms with Crippen molar-refractivity contribution in [1.82, 2.24) is 9.78 Å². The third kappa shape index (κ3) is 2.46. The fraction of sp³-hybridized carbons (Fsp3) is 0.167. The number of hydrogen-bond donors (Lipinski definition) is 1. The van der Waals surface area contributed by atoms with Crippen LogP contribution in [0.1, 0.15) is 10.5 Å². The van der Waals surface area contributed by atoms with Crippen molar-refractivity contribution < 1.29 is 18.7 Å². The Morgan fingerprint density at radius 1 is 1.32 bits per heavy atom. The quantitative estimate of drug-likeness (QED) is 0.881. The Hall–Kier alpha value is -1.89. The number of aromatic carboxylic acids is 1. The van der Waals surface area contributed by atoms with Crippen LogP contribution in [0.4, 0.5) is 8.78 Å². The van der Waals surface area contributed by atoms with E-state index >= 15 is 0 Å². The van der Waals surface area contributed by atoms with Crippen molar-refractivity contribution in [1.29, 1.82) is 0 Å². The number of aryl methyl sites for hydroxylation is 1. The van der Waals surface area contributed by atoms with Gasteiger partial charge < -0.3 is 5.11 Å². The highest BCUT2D eigenvalue weighted by Crippen LogP contribution is 2.29. The van der Waals surface area contributed by atoms with Gasteiger partial charge in [0.2, 0.25) is 0 Å². The Labute approximate surface area is 112 Å². The lowest BCUT2D eigenvalue weighted by atomic mass is 10.1. The van der Waals surface area contributed by atoms with Crippen molar-refractivity contribution in [3.63, 3.8) is 0 Å². The molecule has 19 heavy (non-hydrogen) atoms. The molecular formula is C12H10F2N2O2S. The third-order valence-electron chi connectivity index (χ3n) is 2.62. The molecule has 1 aromatic carbocycles. The molecule has 2 aromatic rings. The van der Waals surface area contributed by atoms with Crippen molar-refractivity contribution >= 4 is 17.7 Å². The van der Waals surface area contributed by atoms with Gasteiger partial charge in [-0.15, -0.1) is 11.8 Å². The molecule has 0 aliphatic rings. The molecule has 0 radical (unpaired) electrons. The number of carbonyl (C=O) groups is 1. The minimum Gasteiger partial charge on any atom is -0.476 e. The molecule has 0 fully saturated rings. The van der Waals surface area contributed by atoms with Gasteiger partial charge in [-0.25, -0.2) is 13.6 Å². The summed E-state index contributed by atoms with van der Waals surface area (Å²) in [5, 5.41) is 12.6. The lowest BCUT2D eigenvalue weighted by Crippen LogP contribution is -2.00. The zero-order chi connectivity index (χ0) is 14.2. The number of carboxylic acid groups (broad SMARTS) is 1. The second-order valence-electron chi connectivity index (χ2n) is 3.81. The van der Waals surface area contributed by atoms with Gasteiger partial charge in [0.15, 0.2) is 5.69 Å². The molecule has 0 saturated heterocycles. The molecule has 0 saturated carbocycles. The fourth-order valence-corrected chi connectivity index (χ4v) is 2.18. The first-order valence-electron chi connectivity index (χ1n) is 5.24. The predicted octanol–water partition coefficient (Wildman–Crippen LogP) is 2.79. The Morgan fingerprint density at radius 2 is 2.00 bits per heavy atom. The maximum atomic E-state index is 13.9. The second kappa shape index (κ2) is 5.00. The van der Waals surface area contributed by atoms with E-state index in [0.717, 1.165) is 23.9 Å². The van der Waals surface area contributed by atoms with Crippen LogP contribution in [0.15, 0.2) is 23.1 Å². The Kier molecular flexibility index (Phi) is 3.57. The van der Waals surface area contributed by atoms with Gasteiger partial charge in [0.25, 0.3) is 0 Å². The van der Waals surface area contributed by atoms with Gasteiger partial charge in [0, 0.05) is 17.5 Å². The Bertz CT molecular complexity index is 655. The van der Waals surface area contributed by atoms with Crippen molar-refractivity contribution in [2.45, 2.75) is 4.90 Å². The molecule has 1 N–H and O–H groups in total. The van der Waals surface area contributed by atoms with E-state index in [1.807, 2.05) is 0 Å². The van der Waals surface area contributed by atoms with Crippen molar-refractivity contribution in [2.75, 3.05) is 6.26 Å². The standard InChI is InChI=1S/C12H10F2N2O2S/c1-16-10(5-9(15-16)12(17)18)6-3-8(14)11(19-2)4-7(6)13/h3-5H,1-2H3,(H,17,18). The van der Waals surface area contributed by atoms with Crippen LogP contribution in [-0.4, -0.2) is 27.1 Å². The minimum atomic E-state index is -1.22. The summed E-state index contributed by atoms with van der Waals surface area (Å²) in [5.41, 5.74) is -0.0227. The highest BCUT2D eigenvalue weighted by atomic mass is 32.2. The van der Waals surface area contributed by atoms with Crippen molar-refractivity contribution in [3.05, 3.63) is 35.5 Å². The monoisotopic (exact) mass is 284 g/mol. The molecule has 0 spiro atoms. The molecule has 0 bridgehead atoms. The summed E-state index contributed by atoms with van der Waals surface area (Å²) in [7, 11) is 1.47.